The average molecular weight is 424 g/mol. The highest BCUT2D eigenvalue weighted by atomic mass is 16.5. The minimum Gasteiger partial charge on any atom is -0.456 e. The van der Waals surface area contributed by atoms with Gasteiger partial charge in [0.2, 0.25) is 5.91 Å². The highest BCUT2D eigenvalue weighted by Crippen LogP contribution is 2.15. The Kier molecular flexibility index (Phi) is 8.94. The first kappa shape index (κ1) is 23.8. The van der Waals surface area contributed by atoms with Crippen LogP contribution in [0.2, 0.25) is 0 Å². The third-order valence-corrected chi connectivity index (χ3v) is 4.87. The van der Waals surface area contributed by atoms with Gasteiger partial charge in [-0.3, -0.25) is 19.2 Å². The van der Waals surface area contributed by atoms with Crippen molar-refractivity contribution < 1.29 is 23.9 Å². The molecule has 164 valence electrons. The lowest BCUT2D eigenvalue weighted by atomic mass is 10.0. The predicted octanol–water partition coefficient (Wildman–Crippen LogP) is 3.13. The molecule has 0 atom stereocenters. The Morgan fingerprint density at radius 1 is 0.903 bits per heavy atom. The number of benzene rings is 2. The molecule has 2 amide bonds. The molecule has 31 heavy (non-hydrogen) atoms. The van der Waals surface area contributed by atoms with E-state index in [1.54, 1.807) is 18.2 Å². The maximum atomic E-state index is 12.2. The third kappa shape index (κ3) is 7.70. The fourth-order valence-corrected chi connectivity index (χ4v) is 2.87. The summed E-state index contributed by atoms with van der Waals surface area (Å²) >= 11 is 0. The Labute approximate surface area is 182 Å². The van der Waals surface area contributed by atoms with Crippen LogP contribution in [0.1, 0.15) is 46.8 Å². The minimum atomic E-state index is -0.645. The summed E-state index contributed by atoms with van der Waals surface area (Å²) < 4.78 is 4.89. The van der Waals surface area contributed by atoms with Crippen molar-refractivity contribution in [2.24, 2.45) is 0 Å². The first-order valence-corrected chi connectivity index (χ1v) is 10.2. The number of anilines is 1. The number of rotatable bonds is 10. The number of ketones is 1. The number of carbonyl (C=O) groups is 4. The first-order chi connectivity index (χ1) is 14.8. The summed E-state index contributed by atoms with van der Waals surface area (Å²) in [6.45, 7) is 5.12. The van der Waals surface area contributed by atoms with Gasteiger partial charge in [0, 0.05) is 17.7 Å². The summed E-state index contributed by atoms with van der Waals surface area (Å²) in [4.78, 5) is 47.8. The summed E-state index contributed by atoms with van der Waals surface area (Å²) in [5.74, 6) is -1.77. The zero-order valence-corrected chi connectivity index (χ0v) is 18.1. The van der Waals surface area contributed by atoms with Crippen molar-refractivity contribution in [3.63, 3.8) is 0 Å². The molecule has 0 spiro atoms. The summed E-state index contributed by atoms with van der Waals surface area (Å²) in [6, 6.07) is 12.8. The number of ether oxygens (including phenoxy) is 1. The number of esters is 1. The van der Waals surface area contributed by atoms with E-state index >= 15 is 0 Å². The molecule has 7 nitrogen and oxygen atoms in total. The van der Waals surface area contributed by atoms with E-state index in [2.05, 4.69) is 10.6 Å². The van der Waals surface area contributed by atoms with E-state index in [-0.39, 0.29) is 31.1 Å². The molecule has 2 rings (SSSR count). The van der Waals surface area contributed by atoms with Gasteiger partial charge in [0.15, 0.2) is 12.4 Å². The second-order valence-corrected chi connectivity index (χ2v) is 7.22. The quantitative estimate of drug-likeness (QED) is 0.451. The largest absolute Gasteiger partial charge is 0.456 e. The molecule has 0 saturated heterocycles. The molecule has 0 bridgehead atoms. The van der Waals surface area contributed by atoms with Gasteiger partial charge < -0.3 is 15.4 Å². The van der Waals surface area contributed by atoms with E-state index in [1.807, 2.05) is 45.0 Å². The fraction of sp³-hybridized carbons (Fsp3) is 0.333. The summed E-state index contributed by atoms with van der Waals surface area (Å²) in [7, 11) is 0. The van der Waals surface area contributed by atoms with Gasteiger partial charge in [-0.15, -0.1) is 0 Å². The molecule has 0 saturated carbocycles. The van der Waals surface area contributed by atoms with Gasteiger partial charge >= 0.3 is 5.97 Å². The molecule has 0 unspecified atom stereocenters. The first-order valence-electron chi connectivity index (χ1n) is 10.2. The number of para-hydroxylation sites is 1. The Balaban J connectivity index is 1.68. The van der Waals surface area contributed by atoms with Crippen molar-refractivity contribution in [1.29, 1.82) is 0 Å². The third-order valence-electron chi connectivity index (χ3n) is 4.87. The van der Waals surface area contributed by atoms with Crippen LogP contribution >= 0.6 is 0 Å². The van der Waals surface area contributed by atoms with Crippen LogP contribution in [0.4, 0.5) is 5.69 Å². The monoisotopic (exact) mass is 424 g/mol. The van der Waals surface area contributed by atoms with E-state index in [0.717, 1.165) is 23.1 Å². The lowest BCUT2D eigenvalue weighted by molar-refractivity contribution is -0.148. The molecular weight excluding hydrogens is 396 g/mol. The Morgan fingerprint density at radius 2 is 1.65 bits per heavy atom. The van der Waals surface area contributed by atoms with Gasteiger partial charge in [0.1, 0.15) is 0 Å². The topological polar surface area (TPSA) is 102 Å². The number of amides is 2. The highest BCUT2D eigenvalue weighted by molar-refractivity contribution is 5.98. The van der Waals surface area contributed by atoms with Crippen LogP contribution in [0.3, 0.4) is 0 Å². The second-order valence-electron chi connectivity index (χ2n) is 7.22. The number of hydrogen-bond acceptors (Lipinski definition) is 5. The standard InChI is InChI=1S/C24H28N2O5/c1-4-18-7-5-6-8-20(18)26-22(28)14-25-23(29)15-31-24(30)12-11-21(27)19-10-9-16(2)17(3)13-19/h5-10,13H,4,11-12,14-15H2,1-3H3,(H,25,29)(H,26,28). The van der Waals surface area contributed by atoms with E-state index in [4.69, 9.17) is 4.74 Å². The van der Waals surface area contributed by atoms with Crippen LogP contribution < -0.4 is 10.6 Å². The maximum Gasteiger partial charge on any atom is 0.306 e. The van der Waals surface area contributed by atoms with Gasteiger partial charge in [-0.25, -0.2) is 0 Å². The van der Waals surface area contributed by atoms with Gasteiger partial charge in [0.05, 0.1) is 13.0 Å². The fourth-order valence-electron chi connectivity index (χ4n) is 2.87. The van der Waals surface area contributed by atoms with Gasteiger partial charge in [-0.2, -0.15) is 0 Å². The molecule has 7 heteroatoms. The van der Waals surface area contributed by atoms with Gasteiger partial charge in [0.25, 0.3) is 5.91 Å². The lowest BCUT2D eigenvalue weighted by Crippen LogP contribution is -2.35. The van der Waals surface area contributed by atoms with Crippen LogP contribution in [-0.2, 0) is 25.5 Å². The van der Waals surface area contributed by atoms with Crippen LogP contribution in [0.5, 0.6) is 0 Å². The number of carbonyl (C=O) groups excluding carboxylic acids is 4. The summed E-state index contributed by atoms with van der Waals surface area (Å²) in [5.41, 5.74) is 4.33. The average Bonchev–Trinajstić information content (AvgIpc) is 2.76. The number of aryl methyl sites for hydroxylation is 3. The van der Waals surface area contributed by atoms with Gasteiger partial charge in [-0.1, -0.05) is 37.3 Å². The number of Topliss-reactive ketones (excluding diaryl/α,β-unsaturated/α-hetero) is 1. The maximum absolute atomic E-state index is 12.2. The van der Waals surface area contributed by atoms with Crippen molar-refractivity contribution >= 4 is 29.3 Å². The van der Waals surface area contributed by atoms with Gasteiger partial charge in [-0.05, 0) is 49.1 Å². The van der Waals surface area contributed by atoms with Crippen LogP contribution in [0, 0.1) is 13.8 Å². The Bertz CT molecular complexity index is 968. The summed E-state index contributed by atoms with van der Waals surface area (Å²) in [5, 5.41) is 5.14. The van der Waals surface area contributed by atoms with E-state index in [9.17, 15) is 19.2 Å². The van der Waals surface area contributed by atoms with E-state index in [0.29, 0.717) is 11.3 Å². The molecular formula is C24H28N2O5. The van der Waals surface area contributed by atoms with Crippen molar-refractivity contribution in [3.05, 3.63) is 64.7 Å². The minimum absolute atomic E-state index is 0.00218. The van der Waals surface area contributed by atoms with Crippen molar-refractivity contribution in [2.75, 3.05) is 18.5 Å². The van der Waals surface area contributed by atoms with Crippen molar-refractivity contribution in [1.82, 2.24) is 5.32 Å². The molecule has 0 aliphatic rings. The second kappa shape index (κ2) is 11.6. The summed E-state index contributed by atoms with van der Waals surface area (Å²) in [6.07, 6.45) is 0.653. The normalized spacial score (nSPS) is 10.3. The van der Waals surface area contributed by atoms with E-state index in [1.165, 1.54) is 0 Å². The molecule has 0 radical (unpaired) electrons. The highest BCUT2D eigenvalue weighted by Gasteiger charge is 2.13. The smallest absolute Gasteiger partial charge is 0.306 e. The molecule has 2 aromatic rings. The van der Waals surface area contributed by atoms with E-state index < -0.39 is 18.5 Å². The molecule has 0 fully saturated rings. The van der Waals surface area contributed by atoms with Crippen molar-refractivity contribution in [2.45, 2.75) is 40.0 Å². The molecule has 0 heterocycles. The predicted molar refractivity (Wildman–Crippen MR) is 118 cm³/mol. The molecule has 0 aliphatic carbocycles. The molecule has 2 N–H and O–H groups in total. The lowest BCUT2D eigenvalue weighted by Gasteiger charge is -2.10. The van der Waals surface area contributed by atoms with Crippen LogP contribution in [-0.4, -0.2) is 36.7 Å². The SMILES string of the molecule is CCc1ccccc1NC(=O)CNC(=O)COC(=O)CCC(=O)c1ccc(C)c(C)c1. The zero-order chi connectivity index (χ0) is 22.8. The Hall–Kier alpha value is -3.48. The van der Waals surface area contributed by atoms with Crippen LogP contribution in [0.25, 0.3) is 0 Å². The molecule has 2 aromatic carbocycles. The van der Waals surface area contributed by atoms with Crippen molar-refractivity contribution in [3.8, 4) is 0 Å². The Morgan fingerprint density at radius 3 is 2.35 bits per heavy atom. The zero-order valence-electron chi connectivity index (χ0n) is 18.1. The molecule has 0 aromatic heterocycles. The number of hydrogen-bond donors (Lipinski definition) is 2. The molecule has 0 aliphatic heterocycles. The number of nitrogens with one attached hydrogen (secondary N) is 2. The van der Waals surface area contributed by atoms with Crippen LogP contribution in [0.15, 0.2) is 42.5 Å².